The minimum absolute atomic E-state index is 0.180. The van der Waals surface area contributed by atoms with Gasteiger partial charge in [0, 0.05) is 30.7 Å². The van der Waals surface area contributed by atoms with Crippen LogP contribution in [0, 0.1) is 0 Å². The van der Waals surface area contributed by atoms with Gasteiger partial charge in [-0.3, -0.25) is 5.32 Å². The summed E-state index contributed by atoms with van der Waals surface area (Å²) >= 11 is 1.50. The summed E-state index contributed by atoms with van der Waals surface area (Å²) in [6, 6.07) is 11.8. The van der Waals surface area contributed by atoms with E-state index in [0.29, 0.717) is 6.54 Å². The van der Waals surface area contributed by atoms with E-state index in [9.17, 15) is 4.79 Å². The third-order valence-electron chi connectivity index (χ3n) is 3.18. The number of aryl methyl sites for hydroxylation is 1. The Morgan fingerprint density at radius 3 is 2.90 bits per heavy atom. The van der Waals surface area contributed by atoms with E-state index in [1.54, 1.807) is 0 Å². The second kappa shape index (κ2) is 5.38. The quantitative estimate of drug-likeness (QED) is 0.759. The van der Waals surface area contributed by atoms with Gasteiger partial charge in [-0.25, -0.2) is 4.79 Å². The summed E-state index contributed by atoms with van der Waals surface area (Å²) in [6.07, 6.45) is 2.05. The Hall–Kier alpha value is -2.27. The molecule has 0 radical (unpaired) electrons. The third-order valence-corrected chi connectivity index (χ3v) is 3.96. The van der Waals surface area contributed by atoms with Gasteiger partial charge in [-0.05, 0) is 29.1 Å². The average molecular weight is 285 g/mol. The van der Waals surface area contributed by atoms with Gasteiger partial charge in [0.15, 0.2) is 0 Å². The number of amides is 2. The van der Waals surface area contributed by atoms with E-state index in [1.165, 1.54) is 22.2 Å². The van der Waals surface area contributed by atoms with Gasteiger partial charge in [0.25, 0.3) is 0 Å². The number of fused-ring (bicyclic) bond motifs is 1. The van der Waals surface area contributed by atoms with E-state index in [2.05, 4.69) is 33.5 Å². The van der Waals surface area contributed by atoms with Crippen LogP contribution in [0.1, 0.15) is 5.56 Å². The molecule has 5 heteroatoms. The Balaban J connectivity index is 1.69. The molecule has 0 aliphatic rings. The van der Waals surface area contributed by atoms with Gasteiger partial charge in [0.05, 0.1) is 5.00 Å². The molecule has 0 aliphatic heterocycles. The summed E-state index contributed by atoms with van der Waals surface area (Å²) in [4.78, 5) is 11.8. The van der Waals surface area contributed by atoms with Crippen LogP contribution in [-0.2, 0) is 13.6 Å². The molecule has 2 amide bonds. The van der Waals surface area contributed by atoms with Gasteiger partial charge in [0.1, 0.15) is 0 Å². The molecule has 20 heavy (non-hydrogen) atoms. The third kappa shape index (κ3) is 2.53. The first-order valence-corrected chi connectivity index (χ1v) is 7.23. The summed E-state index contributed by atoms with van der Waals surface area (Å²) < 4.78 is 2.07. The molecule has 2 aromatic heterocycles. The van der Waals surface area contributed by atoms with Crippen LogP contribution in [0.3, 0.4) is 0 Å². The van der Waals surface area contributed by atoms with Crippen LogP contribution in [0.2, 0.25) is 0 Å². The molecule has 3 rings (SSSR count). The van der Waals surface area contributed by atoms with Crippen LogP contribution in [0.4, 0.5) is 9.80 Å². The van der Waals surface area contributed by atoms with Crippen molar-refractivity contribution in [3.05, 3.63) is 53.5 Å². The number of anilines is 1. The molecule has 0 aliphatic carbocycles. The van der Waals surface area contributed by atoms with Crippen molar-refractivity contribution in [3.63, 3.8) is 0 Å². The van der Waals surface area contributed by atoms with Gasteiger partial charge >= 0.3 is 6.03 Å². The smallest absolute Gasteiger partial charge is 0.320 e. The number of para-hydroxylation sites is 1. The van der Waals surface area contributed by atoms with Gasteiger partial charge in [0.2, 0.25) is 0 Å². The first-order chi connectivity index (χ1) is 9.74. The lowest BCUT2D eigenvalue weighted by atomic mass is 10.2. The molecule has 0 atom stereocenters. The van der Waals surface area contributed by atoms with E-state index >= 15 is 0 Å². The Kier molecular flexibility index (Phi) is 3.43. The number of urea groups is 1. The second-order valence-corrected chi connectivity index (χ2v) is 5.52. The van der Waals surface area contributed by atoms with Crippen molar-refractivity contribution in [1.82, 2.24) is 9.88 Å². The lowest BCUT2D eigenvalue weighted by Gasteiger charge is -2.05. The molecule has 2 N–H and O–H groups in total. The van der Waals surface area contributed by atoms with Crippen molar-refractivity contribution in [2.45, 2.75) is 6.54 Å². The number of benzene rings is 1. The van der Waals surface area contributed by atoms with Crippen molar-refractivity contribution in [2.75, 3.05) is 5.32 Å². The van der Waals surface area contributed by atoms with Crippen molar-refractivity contribution in [1.29, 1.82) is 0 Å². The Labute approximate surface area is 121 Å². The van der Waals surface area contributed by atoms with Crippen molar-refractivity contribution >= 4 is 33.3 Å². The lowest BCUT2D eigenvalue weighted by molar-refractivity contribution is 0.252. The van der Waals surface area contributed by atoms with Gasteiger partial charge < -0.3 is 9.88 Å². The van der Waals surface area contributed by atoms with Crippen molar-refractivity contribution < 1.29 is 4.79 Å². The van der Waals surface area contributed by atoms with Crippen LogP contribution in [0.15, 0.2) is 48.0 Å². The highest BCUT2D eigenvalue weighted by atomic mass is 32.1. The topological polar surface area (TPSA) is 46.1 Å². The Morgan fingerprint density at radius 1 is 1.25 bits per heavy atom. The maximum absolute atomic E-state index is 11.8. The summed E-state index contributed by atoms with van der Waals surface area (Å²) in [6.45, 7) is 0.512. The zero-order chi connectivity index (χ0) is 13.9. The first-order valence-electron chi connectivity index (χ1n) is 6.35. The highest BCUT2D eigenvalue weighted by molar-refractivity contribution is 7.14. The number of hydrogen-bond donors (Lipinski definition) is 2. The normalized spacial score (nSPS) is 10.7. The lowest BCUT2D eigenvalue weighted by Crippen LogP contribution is -2.27. The molecule has 0 saturated heterocycles. The number of carbonyl (C=O) groups excluding carboxylic acids is 1. The Morgan fingerprint density at radius 2 is 2.10 bits per heavy atom. The number of thiophene rings is 1. The zero-order valence-corrected chi connectivity index (χ0v) is 11.9. The molecule has 102 valence electrons. The standard InChI is InChI=1S/C15H15N3OS/c1-18-10-11(12-5-2-3-6-13(12)18)9-16-15(19)17-14-7-4-8-20-14/h2-8,10H,9H2,1H3,(H2,16,17,19). The predicted molar refractivity (Wildman–Crippen MR) is 83.1 cm³/mol. The van der Waals surface area contributed by atoms with Crippen LogP contribution in [-0.4, -0.2) is 10.6 Å². The van der Waals surface area contributed by atoms with E-state index in [0.717, 1.165) is 10.6 Å². The molecule has 0 saturated carbocycles. The van der Waals surface area contributed by atoms with Crippen molar-refractivity contribution in [2.24, 2.45) is 7.05 Å². The molecule has 2 heterocycles. The molecule has 1 aromatic carbocycles. The fourth-order valence-corrected chi connectivity index (χ4v) is 2.86. The number of rotatable bonds is 3. The maximum Gasteiger partial charge on any atom is 0.320 e. The number of aromatic nitrogens is 1. The fourth-order valence-electron chi connectivity index (χ4n) is 2.25. The van der Waals surface area contributed by atoms with Crippen LogP contribution < -0.4 is 10.6 Å². The van der Waals surface area contributed by atoms with Gasteiger partial charge in [-0.2, -0.15) is 0 Å². The molecule has 3 aromatic rings. The van der Waals surface area contributed by atoms with Crippen molar-refractivity contribution in [3.8, 4) is 0 Å². The summed E-state index contributed by atoms with van der Waals surface area (Å²) in [5.41, 5.74) is 2.28. The number of nitrogens with one attached hydrogen (secondary N) is 2. The van der Waals surface area contributed by atoms with Gasteiger partial charge in [-0.1, -0.05) is 18.2 Å². The van der Waals surface area contributed by atoms with E-state index in [4.69, 9.17) is 0 Å². The number of nitrogens with zero attached hydrogens (tertiary/aromatic N) is 1. The van der Waals surface area contributed by atoms with Crippen LogP contribution in [0.5, 0.6) is 0 Å². The minimum atomic E-state index is -0.180. The molecule has 0 spiro atoms. The average Bonchev–Trinajstić information content (AvgIpc) is 3.06. The van der Waals surface area contributed by atoms with Gasteiger partial charge in [-0.15, -0.1) is 11.3 Å². The molecular formula is C15H15N3OS. The number of hydrogen-bond acceptors (Lipinski definition) is 2. The molecular weight excluding hydrogens is 270 g/mol. The van der Waals surface area contributed by atoms with Crippen LogP contribution in [0.25, 0.3) is 10.9 Å². The molecule has 0 unspecified atom stereocenters. The maximum atomic E-state index is 11.8. The largest absolute Gasteiger partial charge is 0.350 e. The predicted octanol–water partition coefficient (Wildman–Crippen LogP) is 3.56. The summed E-state index contributed by atoms with van der Waals surface area (Å²) in [5.74, 6) is 0. The van der Waals surface area contributed by atoms with E-state index < -0.39 is 0 Å². The molecule has 0 bridgehead atoms. The minimum Gasteiger partial charge on any atom is -0.350 e. The highest BCUT2D eigenvalue weighted by Crippen LogP contribution is 2.20. The number of carbonyl (C=O) groups is 1. The molecule has 4 nitrogen and oxygen atoms in total. The van der Waals surface area contributed by atoms with E-state index in [-0.39, 0.29) is 6.03 Å². The van der Waals surface area contributed by atoms with Crippen LogP contribution >= 0.6 is 11.3 Å². The van der Waals surface area contributed by atoms with E-state index in [1.807, 2.05) is 36.7 Å². The Bertz CT molecular complexity index is 731. The first kappa shape index (κ1) is 12.7. The SMILES string of the molecule is Cn1cc(CNC(=O)Nc2cccs2)c2ccccc21. The summed E-state index contributed by atoms with van der Waals surface area (Å²) in [7, 11) is 2.01. The summed E-state index contributed by atoms with van der Waals surface area (Å²) in [5, 5.41) is 9.65. The zero-order valence-electron chi connectivity index (χ0n) is 11.1. The highest BCUT2D eigenvalue weighted by Gasteiger charge is 2.07. The fraction of sp³-hybridized carbons (Fsp3) is 0.133. The molecule has 0 fully saturated rings. The second-order valence-electron chi connectivity index (χ2n) is 4.57. The monoisotopic (exact) mass is 285 g/mol.